The molecule has 1 aromatic carbocycles. The average molecular weight is 289 g/mol. The molecule has 2 unspecified atom stereocenters. The molecule has 1 aromatic rings. The van der Waals surface area contributed by atoms with E-state index in [1.165, 1.54) is 12.0 Å². The Bertz CT molecular complexity index is 517. The van der Waals surface area contributed by atoms with E-state index >= 15 is 0 Å². The van der Waals surface area contributed by atoms with Gasteiger partial charge in [0.05, 0.1) is 11.7 Å². The summed E-state index contributed by atoms with van der Waals surface area (Å²) in [6.07, 6.45) is 2.67. The fraction of sp³-hybridized carbons (Fsp3) is 0.588. The Hall–Kier alpha value is -1.39. The maximum absolute atomic E-state index is 10.9. The number of ether oxygens (including phenoxy) is 1. The van der Waals surface area contributed by atoms with Crippen LogP contribution in [-0.2, 0) is 11.3 Å². The molecule has 0 radical (unpaired) electrons. The molecule has 0 amide bonds. The Kier molecular flexibility index (Phi) is 3.76. The van der Waals surface area contributed by atoms with E-state index in [1.54, 1.807) is 12.1 Å². The zero-order valence-electron chi connectivity index (χ0n) is 12.7. The van der Waals surface area contributed by atoms with Crippen molar-refractivity contribution in [3.05, 3.63) is 35.4 Å². The number of likely N-dealkylation sites (tertiary alicyclic amines) is 1. The first-order valence-corrected chi connectivity index (χ1v) is 7.65. The Morgan fingerprint density at radius 3 is 2.62 bits per heavy atom. The molecule has 21 heavy (non-hydrogen) atoms. The second kappa shape index (κ2) is 5.43. The van der Waals surface area contributed by atoms with E-state index in [-0.39, 0.29) is 0 Å². The lowest BCUT2D eigenvalue weighted by Gasteiger charge is -2.56. The van der Waals surface area contributed by atoms with Gasteiger partial charge in [-0.1, -0.05) is 26.0 Å². The number of rotatable bonds is 4. The zero-order valence-corrected chi connectivity index (χ0v) is 12.7. The van der Waals surface area contributed by atoms with Gasteiger partial charge in [0.2, 0.25) is 0 Å². The summed E-state index contributed by atoms with van der Waals surface area (Å²) in [6, 6.07) is 7.68. The maximum Gasteiger partial charge on any atom is 0.335 e. The van der Waals surface area contributed by atoms with Crippen LogP contribution in [0.3, 0.4) is 0 Å². The number of carbonyl (C=O) groups is 1. The second-order valence-corrected chi connectivity index (χ2v) is 6.89. The SMILES string of the molecule is CC1(C)CN(Cc2ccc(C(=O)O)cc2)C1C1CCCO1. The molecule has 2 heterocycles. The number of nitrogens with zero attached hydrogens (tertiary/aromatic N) is 1. The van der Waals surface area contributed by atoms with Crippen molar-refractivity contribution in [3.8, 4) is 0 Å². The molecule has 2 aliphatic heterocycles. The molecule has 114 valence electrons. The van der Waals surface area contributed by atoms with Gasteiger partial charge in [0.1, 0.15) is 0 Å². The Balaban J connectivity index is 1.68. The predicted octanol–water partition coefficient (Wildman–Crippen LogP) is 2.77. The summed E-state index contributed by atoms with van der Waals surface area (Å²) >= 11 is 0. The number of hydrogen-bond donors (Lipinski definition) is 1. The lowest BCUT2D eigenvalue weighted by Crippen LogP contribution is -2.65. The zero-order chi connectivity index (χ0) is 15.0. The first kappa shape index (κ1) is 14.5. The quantitative estimate of drug-likeness (QED) is 0.926. The van der Waals surface area contributed by atoms with Crippen molar-refractivity contribution < 1.29 is 14.6 Å². The summed E-state index contributed by atoms with van der Waals surface area (Å²) in [6.45, 7) is 7.44. The van der Waals surface area contributed by atoms with Crippen molar-refractivity contribution in [1.29, 1.82) is 0 Å². The molecule has 4 heteroatoms. The van der Waals surface area contributed by atoms with Gasteiger partial charge in [-0.25, -0.2) is 4.79 Å². The fourth-order valence-electron chi connectivity index (χ4n) is 3.83. The van der Waals surface area contributed by atoms with Gasteiger partial charge in [0.25, 0.3) is 0 Å². The number of carboxylic acids is 1. The van der Waals surface area contributed by atoms with Gasteiger partial charge in [-0.2, -0.15) is 0 Å². The third-order valence-corrected chi connectivity index (χ3v) is 4.71. The summed E-state index contributed by atoms with van der Waals surface area (Å²) in [7, 11) is 0. The van der Waals surface area contributed by atoms with E-state index in [1.807, 2.05) is 12.1 Å². The van der Waals surface area contributed by atoms with Gasteiger partial charge >= 0.3 is 5.97 Å². The van der Waals surface area contributed by atoms with E-state index in [9.17, 15) is 4.79 Å². The van der Waals surface area contributed by atoms with Crippen LogP contribution in [0.2, 0.25) is 0 Å². The molecule has 0 saturated carbocycles. The largest absolute Gasteiger partial charge is 0.478 e. The van der Waals surface area contributed by atoms with Crippen LogP contribution in [0, 0.1) is 5.41 Å². The lowest BCUT2D eigenvalue weighted by molar-refractivity contribution is -0.122. The van der Waals surface area contributed by atoms with Crippen molar-refractivity contribution in [1.82, 2.24) is 4.90 Å². The van der Waals surface area contributed by atoms with Gasteiger partial charge in [0.15, 0.2) is 0 Å². The molecule has 2 atom stereocenters. The van der Waals surface area contributed by atoms with Crippen molar-refractivity contribution in [2.75, 3.05) is 13.2 Å². The normalized spacial score (nSPS) is 28.3. The van der Waals surface area contributed by atoms with Crippen LogP contribution in [0.15, 0.2) is 24.3 Å². The molecule has 1 N–H and O–H groups in total. The average Bonchev–Trinajstić information content (AvgIpc) is 2.91. The molecule has 3 rings (SSSR count). The van der Waals surface area contributed by atoms with E-state index in [4.69, 9.17) is 9.84 Å². The van der Waals surface area contributed by atoms with Gasteiger partial charge in [-0.15, -0.1) is 0 Å². The van der Waals surface area contributed by atoms with Gasteiger partial charge < -0.3 is 9.84 Å². The van der Waals surface area contributed by atoms with E-state index in [0.717, 1.165) is 26.1 Å². The lowest BCUT2D eigenvalue weighted by atomic mass is 9.71. The fourth-order valence-corrected chi connectivity index (χ4v) is 3.83. The topological polar surface area (TPSA) is 49.8 Å². The highest BCUT2D eigenvalue weighted by molar-refractivity contribution is 5.87. The van der Waals surface area contributed by atoms with E-state index < -0.39 is 5.97 Å². The summed E-state index contributed by atoms with van der Waals surface area (Å²) in [5.41, 5.74) is 1.81. The number of aromatic carboxylic acids is 1. The monoisotopic (exact) mass is 289 g/mol. The molecular weight excluding hydrogens is 266 g/mol. The van der Waals surface area contributed by atoms with Gasteiger partial charge in [0, 0.05) is 25.7 Å². The number of hydrogen-bond acceptors (Lipinski definition) is 3. The molecule has 2 saturated heterocycles. The molecule has 2 aliphatic rings. The standard InChI is InChI=1S/C17H23NO3/c1-17(2)11-18(15(17)14-4-3-9-21-14)10-12-5-7-13(8-6-12)16(19)20/h5-8,14-15H,3-4,9-11H2,1-2H3,(H,19,20). The number of benzene rings is 1. The van der Waals surface area contributed by atoms with Crippen LogP contribution in [0.4, 0.5) is 0 Å². The molecule has 0 bridgehead atoms. The highest BCUT2D eigenvalue weighted by Crippen LogP contribution is 2.43. The Labute approximate surface area is 125 Å². The molecule has 0 aliphatic carbocycles. The van der Waals surface area contributed by atoms with Crippen molar-refractivity contribution in [2.45, 2.75) is 45.4 Å². The van der Waals surface area contributed by atoms with Crippen LogP contribution < -0.4 is 0 Å². The number of carboxylic acid groups (broad SMARTS) is 1. The van der Waals surface area contributed by atoms with Crippen molar-refractivity contribution >= 4 is 5.97 Å². The molecule has 4 nitrogen and oxygen atoms in total. The molecule has 0 aromatic heterocycles. The van der Waals surface area contributed by atoms with Crippen molar-refractivity contribution in [3.63, 3.8) is 0 Å². The van der Waals surface area contributed by atoms with Gasteiger partial charge in [-0.05, 0) is 36.0 Å². The smallest absolute Gasteiger partial charge is 0.335 e. The third kappa shape index (κ3) is 2.83. The predicted molar refractivity (Wildman–Crippen MR) is 80.4 cm³/mol. The van der Waals surface area contributed by atoms with E-state index in [2.05, 4.69) is 18.7 Å². The summed E-state index contributed by atoms with van der Waals surface area (Å²) in [5.74, 6) is -0.871. The van der Waals surface area contributed by atoms with Crippen LogP contribution >= 0.6 is 0 Å². The van der Waals surface area contributed by atoms with Crippen molar-refractivity contribution in [2.24, 2.45) is 5.41 Å². The van der Waals surface area contributed by atoms with E-state index in [0.29, 0.717) is 23.1 Å². The molecule has 2 fully saturated rings. The van der Waals surface area contributed by atoms with Crippen LogP contribution in [-0.4, -0.2) is 41.3 Å². The third-order valence-electron chi connectivity index (χ3n) is 4.71. The van der Waals surface area contributed by atoms with Crippen LogP contribution in [0.5, 0.6) is 0 Å². The minimum atomic E-state index is -0.871. The minimum Gasteiger partial charge on any atom is -0.478 e. The van der Waals surface area contributed by atoms with Gasteiger partial charge in [-0.3, -0.25) is 4.90 Å². The first-order valence-electron chi connectivity index (χ1n) is 7.65. The summed E-state index contributed by atoms with van der Waals surface area (Å²) in [4.78, 5) is 13.4. The van der Waals surface area contributed by atoms with Crippen LogP contribution in [0.1, 0.15) is 42.6 Å². The maximum atomic E-state index is 10.9. The second-order valence-electron chi connectivity index (χ2n) is 6.89. The first-order chi connectivity index (χ1) is 9.97. The highest BCUT2D eigenvalue weighted by atomic mass is 16.5. The highest BCUT2D eigenvalue weighted by Gasteiger charge is 2.50. The minimum absolute atomic E-state index is 0.302. The molecular formula is C17H23NO3. The Morgan fingerprint density at radius 2 is 2.10 bits per heavy atom. The van der Waals surface area contributed by atoms with Crippen LogP contribution in [0.25, 0.3) is 0 Å². The summed E-state index contributed by atoms with van der Waals surface area (Å²) in [5, 5.41) is 8.94. The molecule has 0 spiro atoms. The summed E-state index contributed by atoms with van der Waals surface area (Å²) < 4.78 is 5.89. The Morgan fingerprint density at radius 1 is 1.38 bits per heavy atom.